The second-order valence-corrected chi connectivity index (χ2v) is 7.10. The van der Waals surface area contributed by atoms with E-state index < -0.39 is 0 Å². The van der Waals surface area contributed by atoms with E-state index in [0.29, 0.717) is 22.1 Å². The van der Waals surface area contributed by atoms with Gasteiger partial charge in [-0.2, -0.15) is 0 Å². The molecular formula is C20H21ClN4O. The van der Waals surface area contributed by atoms with Crippen LogP contribution in [0.4, 0.5) is 11.4 Å². The molecule has 0 saturated carbocycles. The van der Waals surface area contributed by atoms with Crippen molar-refractivity contribution >= 4 is 34.5 Å². The number of carbonyl (C=O) groups excluding carboxylic acids is 1. The summed E-state index contributed by atoms with van der Waals surface area (Å²) in [5.74, 6) is -0.178. The van der Waals surface area contributed by atoms with E-state index in [0.717, 1.165) is 18.8 Å². The summed E-state index contributed by atoms with van der Waals surface area (Å²) in [6.45, 7) is 4.04. The predicted molar refractivity (Wildman–Crippen MR) is 105 cm³/mol. The van der Waals surface area contributed by atoms with E-state index in [-0.39, 0.29) is 5.91 Å². The van der Waals surface area contributed by atoms with Gasteiger partial charge in [0, 0.05) is 41.8 Å². The lowest BCUT2D eigenvalue weighted by atomic mass is 10.1. The fourth-order valence-corrected chi connectivity index (χ4v) is 3.66. The Morgan fingerprint density at radius 2 is 1.85 bits per heavy atom. The van der Waals surface area contributed by atoms with Crippen molar-refractivity contribution in [2.24, 2.45) is 0 Å². The standard InChI is InChI=1S/C20H21ClN4O/c1-14-19(25-12-9-15(21)13-18(25)22-14)20(26)23-16-5-7-17(8-6-16)24-10-3-2-4-11-24/h5-9,12-13H,2-4,10-11H2,1H3,(H,23,26). The van der Waals surface area contributed by atoms with Crippen LogP contribution < -0.4 is 10.2 Å². The molecule has 0 atom stereocenters. The number of nitrogens with one attached hydrogen (secondary N) is 1. The van der Waals surface area contributed by atoms with E-state index in [2.05, 4.69) is 27.3 Å². The molecule has 1 aliphatic rings. The number of amides is 1. The average molecular weight is 369 g/mol. The number of imidazole rings is 1. The van der Waals surface area contributed by atoms with Gasteiger partial charge in [-0.3, -0.25) is 9.20 Å². The van der Waals surface area contributed by atoms with Gasteiger partial charge in [0.2, 0.25) is 0 Å². The summed E-state index contributed by atoms with van der Waals surface area (Å²) in [6, 6.07) is 11.6. The van der Waals surface area contributed by atoms with Gasteiger partial charge in [0.1, 0.15) is 11.3 Å². The number of pyridine rings is 1. The highest BCUT2D eigenvalue weighted by Crippen LogP contribution is 2.23. The zero-order chi connectivity index (χ0) is 18.1. The molecule has 1 aromatic carbocycles. The second kappa shape index (κ2) is 7.00. The minimum absolute atomic E-state index is 0.178. The molecule has 0 aliphatic carbocycles. The number of aryl methyl sites for hydroxylation is 1. The third-order valence-corrected chi connectivity index (χ3v) is 5.06. The lowest BCUT2D eigenvalue weighted by Crippen LogP contribution is -2.29. The Kier molecular flexibility index (Phi) is 4.55. The van der Waals surface area contributed by atoms with Crippen molar-refractivity contribution in [3.8, 4) is 0 Å². The average Bonchev–Trinajstić information content (AvgIpc) is 2.98. The van der Waals surface area contributed by atoms with Gasteiger partial charge >= 0.3 is 0 Å². The van der Waals surface area contributed by atoms with E-state index in [9.17, 15) is 4.79 Å². The van der Waals surface area contributed by atoms with E-state index in [1.165, 1.54) is 24.9 Å². The highest BCUT2D eigenvalue weighted by atomic mass is 35.5. The summed E-state index contributed by atoms with van der Waals surface area (Å²) < 4.78 is 1.76. The van der Waals surface area contributed by atoms with Crippen LogP contribution >= 0.6 is 11.6 Å². The lowest BCUT2D eigenvalue weighted by molar-refractivity contribution is 0.102. The first-order valence-electron chi connectivity index (χ1n) is 8.92. The second-order valence-electron chi connectivity index (χ2n) is 6.67. The molecular weight excluding hydrogens is 348 g/mol. The minimum atomic E-state index is -0.178. The molecule has 26 heavy (non-hydrogen) atoms. The van der Waals surface area contributed by atoms with Crippen LogP contribution in [0.1, 0.15) is 35.4 Å². The van der Waals surface area contributed by atoms with Crippen molar-refractivity contribution < 1.29 is 4.79 Å². The summed E-state index contributed by atoms with van der Waals surface area (Å²) in [6.07, 6.45) is 5.58. The van der Waals surface area contributed by atoms with Crippen LogP contribution in [0.3, 0.4) is 0 Å². The third kappa shape index (κ3) is 3.27. The van der Waals surface area contributed by atoms with Crippen LogP contribution in [0.25, 0.3) is 5.65 Å². The smallest absolute Gasteiger partial charge is 0.274 e. The van der Waals surface area contributed by atoms with Crippen molar-refractivity contribution in [3.05, 3.63) is 59.0 Å². The Labute approximate surface area is 157 Å². The van der Waals surface area contributed by atoms with Gasteiger partial charge in [0.05, 0.1) is 5.69 Å². The summed E-state index contributed by atoms with van der Waals surface area (Å²) in [5, 5.41) is 3.57. The Morgan fingerprint density at radius 1 is 1.12 bits per heavy atom. The van der Waals surface area contributed by atoms with Gasteiger partial charge in [0.25, 0.3) is 5.91 Å². The summed E-state index contributed by atoms with van der Waals surface area (Å²) in [7, 11) is 0. The highest BCUT2D eigenvalue weighted by molar-refractivity contribution is 6.30. The number of halogens is 1. The molecule has 3 aromatic rings. The number of piperidine rings is 1. The number of carbonyl (C=O) groups is 1. The molecule has 1 aliphatic heterocycles. The molecule has 4 rings (SSSR count). The number of anilines is 2. The van der Waals surface area contributed by atoms with E-state index in [4.69, 9.17) is 11.6 Å². The Bertz CT molecular complexity index is 942. The molecule has 0 spiro atoms. The topological polar surface area (TPSA) is 49.6 Å². The highest BCUT2D eigenvalue weighted by Gasteiger charge is 2.17. The van der Waals surface area contributed by atoms with E-state index >= 15 is 0 Å². The first kappa shape index (κ1) is 16.9. The number of hydrogen-bond acceptors (Lipinski definition) is 3. The van der Waals surface area contributed by atoms with Crippen LogP contribution in [0, 0.1) is 6.92 Å². The molecule has 5 nitrogen and oxygen atoms in total. The number of benzene rings is 1. The largest absolute Gasteiger partial charge is 0.372 e. The van der Waals surface area contributed by atoms with Crippen LogP contribution in [0.5, 0.6) is 0 Å². The Morgan fingerprint density at radius 3 is 2.58 bits per heavy atom. The molecule has 2 aromatic heterocycles. The quantitative estimate of drug-likeness (QED) is 0.738. The van der Waals surface area contributed by atoms with Crippen LogP contribution in [0.2, 0.25) is 5.02 Å². The minimum Gasteiger partial charge on any atom is -0.372 e. The lowest BCUT2D eigenvalue weighted by Gasteiger charge is -2.28. The molecule has 1 saturated heterocycles. The van der Waals surface area contributed by atoms with Crippen molar-refractivity contribution in [2.45, 2.75) is 26.2 Å². The maximum absolute atomic E-state index is 12.8. The van der Waals surface area contributed by atoms with Crippen LogP contribution in [-0.4, -0.2) is 28.4 Å². The molecule has 1 amide bonds. The summed E-state index contributed by atoms with van der Waals surface area (Å²) >= 11 is 6.01. The first-order chi connectivity index (χ1) is 12.6. The third-order valence-electron chi connectivity index (χ3n) is 4.82. The molecule has 0 radical (unpaired) electrons. The normalized spacial score (nSPS) is 14.6. The zero-order valence-corrected chi connectivity index (χ0v) is 15.5. The fourth-order valence-electron chi connectivity index (χ4n) is 3.51. The van der Waals surface area contributed by atoms with Crippen molar-refractivity contribution in [2.75, 3.05) is 23.3 Å². The summed E-state index contributed by atoms with van der Waals surface area (Å²) in [4.78, 5) is 19.6. The van der Waals surface area contributed by atoms with Crippen molar-refractivity contribution in [3.63, 3.8) is 0 Å². The predicted octanol–water partition coefficient (Wildman–Crippen LogP) is 4.54. The molecule has 0 unspecified atom stereocenters. The van der Waals surface area contributed by atoms with Gasteiger partial charge in [-0.15, -0.1) is 0 Å². The Hall–Kier alpha value is -2.53. The first-order valence-corrected chi connectivity index (χ1v) is 9.30. The SMILES string of the molecule is Cc1nc2cc(Cl)ccn2c1C(=O)Nc1ccc(N2CCCCC2)cc1. The molecule has 134 valence electrons. The zero-order valence-electron chi connectivity index (χ0n) is 14.7. The molecule has 1 N–H and O–H groups in total. The van der Waals surface area contributed by atoms with Crippen LogP contribution in [0.15, 0.2) is 42.6 Å². The van der Waals surface area contributed by atoms with Gasteiger partial charge in [0.15, 0.2) is 0 Å². The Balaban J connectivity index is 1.54. The van der Waals surface area contributed by atoms with Gasteiger partial charge in [-0.05, 0) is 56.5 Å². The van der Waals surface area contributed by atoms with E-state index in [1.807, 2.05) is 19.1 Å². The van der Waals surface area contributed by atoms with E-state index in [1.54, 1.807) is 22.7 Å². The maximum atomic E-state index is 12.8. The molecule has 0 bridgehead atoms. The number of fused-ring (bicyclic) bond motifs is 1. The number of aromatic nitrogens is 2. The summed E-state index contributed by atoms with van der Waals surface area (Å²) in [5.41, 5.74) is 3.86. The van der Waals surface area contributed by atoms with Gasteiger partial charge in [-0.1, -0.05) is 11.6 Å². The number of rotatable bonds is 3. The van der Waals surface area contributed by atoms with Gasteiger partial charge in [-0.25, -0.2) is 4.98 Å². The molecule has 3 heterocycles. The maximum Gasteiger partial charge on any atom is 0.274 e. The van der Waals surface area contributed by atoms with Crippen LogP contribution in [-0.2, 0) is 0 Å². The monoisotopic (exact) mass is 368 g/mol. The van der Waals surface area contributed by atoms with Crippen molar-refractivity contribution in [1.82, 2.24) is 9.38 Å². The number of nitrogens with zero attached hydrogens (tertiary/aromatic N) is 3. The van der Waals surface area contributed by atoms with Gasteiger partial charge < -0.3 is 10.2 Å². The molecule has 6 heteroatoms. The van der Waals surface area contributed by atoms with Crippen molar-refractivity contribution in [1.29, 1.82) is 0 Å². The number of hydrogen-bond donors (Lipinski definition) is 1. The fraction of sp³-hybridized carbons (Fsp3) is 0.300. The molecule has 1 fully saturated rings.